The first-order valence-corrected chi connectivity index (χ1v) is 7.20. The van der Waals surface area contributed by atoms with Gasteiger partial charge in [-0.15, -0.1) is 0 Å². The van der Waals surface area contributed by atoms with Gasteiger partial charge in [0.15, 0.2) is 17.3 Å². The minimum Gasteiger partial charge on any atom is -0.465 e. The van der Waals surface area contributed by atoms with E-state index in [0.29, 0.717) is 5.76 Å². The first kappa shape index (κ1) is 14.9. The normalized spacial score (nSPS) is 26.1. The van der Waals surface area contributed by atoms with Crippen molar-refractivity contribution in [2.45, 2.75) is 25.1 Å². The molecule has 1 aliphatic carbocycles. The predicted octanol–water partition coefficient (Wildman–Crippen LogP) is 2.81. The van der Waals surface area contributed by atoms with E-state index in [1.165, 1.54) is 18.4 Å². The standard InChI is InChI=1S/C15H15BrO4/c1-15(2)8-11(18)12(13(19)14(15)16)10(17)6-5-9-4-3-7-20-9/h3-7,12,14H,8H2,1-2H3. The van der Waals surface area contributed by atoms with Crippen LogP contribution in [0, 0.1) is 11.3 Å². The van der Waals surface area contributed by atoms with Crippen LogP contribution >= 0.6 is 15.9 Å². The van der Waals surface area contributed by atoms with E-state index in [-0.39, 0.29) is 18.0 Å². The van der Waals surface area contributed by atoms with Crippen molar-refractivity contribution in [2.24, 2.45) is 11.3 Å². The van der Waals surface area contributed by atoms with Crippen LogP contribution in [0.5, 0.6) is 0 Å². The van der Waals surface area contributed by atoms with E-state index in [2.05, 4.69) is 15.9 Å². The molecule has 1 aromatic heterocycles. The Bertz CT molecular complexity index is 569. The van der Waals surface area contributed by atoms with Gasteiger partial charge in [0, 0.05) is 6.42 Å². The minimum atomic E-state index is -1.20. The lowest BCUT2D eigenvalue weighted by Crippen LogP contribution is -2.49. The molecule has 5 heteroatoms. The number of allylic oxidation sites excluding steroid dienone is 1. The second-order valence-corrected chi connectivity index (χ2v) is 6.50. The van der Waals surface area contributed by atoms with Crippen LogP contribution in [-0.2, 0) is 14.4 Å². The number of hydrogen-bond acceptors (Lipinski definition) is 4. The second kappa shape index (κ2) is 5.48. The van der Waals surface area contributed by atoms with Gasteiger partial charge >= 0.3 is 0 Å². The van der Waals surface area contributed by atoms with Crippen molar-refractivity contribution in [1.29, 1.82) is 0 Å². The Balaban J connectivity index is 2.17. The number of Topliss-reactive ketones (excluding diaryl/α,β-unsaturated/α-hetero) is 2. The molecule has 1 heterocycles. The fourth-order valence-electron chi connectivity index (χ4n) is 2.28. The van der Waals surface area contributed by atoms with Gasteiger partial charge in [-0.25, -0.2) is 0 Å². The van der Waals surface area contributed by atoms with Crippen molar-refractivity contribution < 1.29 is 18.8 Å². The molecule has 2 atom stereocenters. The molecule has 0 bridgehead atoms. The summed E-state index contributed by atoms with van der Waals surface area (Å²) < 4.78 is 5.06. The van der Waals surface area contributed by atoms with Crippen molar-refractivity contribution in [3.05, 3.63) is 30.2 Å². The largest absolute Gasteiger partial charge is 0.465 e. The maximum Gasteiger partial charge on any atom is 0.173 e. The van der Waals surface area contributed by atoms with Crippen LogP contribution in [0.25, 0.3) is 6.08 Å². The van der Waals surface area contributed by atoms with E-state index in [4.69, 9.17) is 4.42 Å². The average Bonchev–Trinajstić information content (AvgIpc) is 2.86. The molecule has 20 heavy (non-hydrogen) atoms. The lowest BCUT2D eigenvalue weighted by atomic mass is 9.70. The van der Waals surface area contributed by atoms with Crippen LogP contribution in [0.1, 0.15) is 26.0 Å². The molecule has 106 valence electrons. The van der Waals surface area contributed by atoms with Gasteiger partial charge in [0.2, 0.25) is 0 Å². The van der Waals surface area contributed by atoms with E-state index in [1.807, 2.05) is 13.8 Å². The van der Waals surface area contributed by atoms with E-state index >= 15 is 0 Å². The molecule has 0 amide bonds. The molecule has 2 rings (SSSR count). The fraction of sp³-hybridized carbons (Fsp3) is 0.400. The molecule has 2 unspecified atom stereocenters. The highest BCUT2D eigenvalue weighted by atomic mass is 79.9. The SMILES string of the molecule is CC1(C)CC(=O)C(C(=O)C=Cc2ccco2)C(=O)C1Br. The zero-order valence-electron chi connectivity index (χ0n) is 11.3. The van der Waals surface area contributed by atoms with Crippen molar-refractivity contribution in [3.8, 4) is 0 Å². The van der Waals surface area contributed by atoms with Crippen LogP contribution in [0.15, 0.2) is 28.9 Å². The van der Waals surface area contributed by atoms with Crippen molar-refractivity contribution in [3.63, 3.8) is 0 Å². The molecule has 1 saturated carbocycles. The van der Waals surface area contributed by atoms with Gasteiger partial charge in [-0.1, -0.05) is 29.8 Å². The smallest absolute Gasteiger partial charge is 0.173 e. The molecular formula is C15H15BrO4. The van der Waals surface area contributed by atoms with Gasteiger partial charge in [-0.05, 0) is 29.7 Å². The molecule has 0 saturated heterocycles. The van der Waals surface area contributed by atoms with Gasteiger partial charge in [0.05, 0.1) is 11.1 Å². The van der Waals surface area contributed by atoms with Crippen LogP contribution in [0.4, 0.5) is 0 Å². The lowest BCUT2D eigenvalue weighted by Gasteiger charge is -2.35. The van der Waals surface area contributed by atoms with Gasteiger partial charge < -0.3 is 4.42 Å². The zero-order valence-corrected chi connectivity index (χ0v) is 12.8. The molecule has 1 aromatic rings. The molecule has 4 nitrogen and oxygen atoms in total. The first-order chi connectivity index (χ1) is 9.33. The van der Waals surface area contributed by atoms with Crippen molar-refractivity contribution in [2.75, 3.05) is 0 Å². The van der Waals surface area contributed by atoms with Crippen LogP contribution in [-0.4, -0.2) is 22.2 Å². The Hall–Kier alpha value is -1.49. The molecule has 1 fully saturated rings. The highest BCUT2D eigenvalue weighted by Gasteiger charge is 2.48. The van der Waals surface area contributed by atoms with E-state index in [1.54, 1.807) is 12.1 Å². The topological polar surface area (TPSA) is 64.3 Å². The fourth-order valence-corrected chi connectivity index (χ4v) is 2.70. The number of furan rings is 1. The first-order valence-electron chi connectivity index (χ1n) is 6.29. The Morgan fingerprint density at radius 1 is 1.45 bits per heavy atom. The average molecular weight is 339 g/mol. The number of carbonyl (C=O) groups is 3. The molecule has 0 N–H and O–H groups in total. The van der Waals surface area contributed by atoms with E-state index in [9.17, 15) is 14.4 Å². The third-order valence-corrected chi connectivity index (χ3v) is 5.10. The maximum atomic E-state index is 12.2. The molecule has 0 radical (unpaired) electrons. The summed E-state index contributed by atoms with van der Waals surface area (Å²) in [5.41, 5.74) is -0.463. The summed E-state index contributed by atoms with van der Waals surface area (Å²) in [7, 11) is 0. The number of hydrogen-bond donors (Lipinski definition) is 0. The van der Waals surface area contributed by atoms with Crippen molar-refractivity contribution >= 4 is 39.4 Å². The molecule has 0 aliphatic heterocycles. The Labute approximate surface area is 125 Å². The molecule has 1 aliphatic rings. The summed E-state index contributed by atoms with van der Waals surface area (Å²) in [6.07, 6.45) is 4.39. The van der Waals surface area contributed by atoms with E-state index in [0.717, 1.165) is 0 Å². The van der Waals surface area contributed by atoms with Gasteiger partial charge in [-0.3, -0.25) is 14.4 Å². The second-order valence-electron chi connectivity index (χ2n) is 5.58. The van der Waals surface area contributed by atoms with Crippen LogP contribution in [0.2, 0.25) is 0 Å². The summed E-state index contributed by atoms with van der Waals surface area (Å²) in [6.45, 7) is 3.67. The highest BCUT2D eigenvalue weighted by molar-refractivity contribution is 9.10. The zero-order chi connectivity index (χ0) is 14.9. The predicted molar refractivity (Wildman–Crippen MR) is 77.4 cm³/mol. The number of ketones is 3. The Kier molecular flexibility index (Phi) is 4.09. The minimum absolute atomic E-state index is 0.208. The van der Waals surface area contributed by atoms with Crippen molar-refractivity contribution in [1.82, 2.24) is 0 Å². The monoisotopic (exact) mass is 338 g/mol. The molecular weight excluding hydrogens is 324 g/mol. The summed E-state index contributed by atoms with van der Waals surface area (Å²) in [5, 5.41) is 0. The molecule has 0 aromatic carbocycles. The number of rotatable bonds is 3. The van der Waals surface area contributed by atoms with Crippen LogP contribution in [0.3, 0.4) is 0 Å². The summed E-state index contributed by atoms with van der Waals surface area (Å²) in [4.78, 5) is 35.8. The number of carbonyl (C=O) groups excluding carboxylic acids is 3. The quantitative estimate of drug-likeness (QED) is 0.483. The number of halogens is 1. The highest BCUT2D eigenvalue weighted by Crippen LogP contribution is 2.39. The third kappa shape index (κ3) is 2.82. The molecule has 0 spiro atoms. The van der Waals surface area contributed by atoms with Gasteiger partial charge in [0.25, 0.3) is 0 Å². The summed E-state index contributed by atoms with van der Waals surface area (Å²) >= 11 is 3.30. The van der Waals surface area contributed by atoms with Gasteiger partial charge in [0.1, 0.15) is 11.7 Å². The maximum absolute atomic E-state index is 12.2. The summed E-state index contributed by atoms with van der Waals surface area (Å²) in [5.74, 6) is -1.86. The summed E-state index contributed by atoms with van der Waals surface area (Å²) in [6, 6.07) is 3.38. The lowest BCUT2D eigenvalue weighted by molar-refractivity contribution is -0.142. The van der Waals surface area contributed by atoms with E-state index < -0.39 is 21.9 Å². The Morgan fingerprint density at radius 2 is 2.15 bits per heavy atom. The van der Waals surface area contributed by atoms with Gasteiger partial charge in [-0.2, -0.15) is 0 Å². The Morgan fingerprint density at radius 3 is 2.75 bits per heavy atom. The number of alkyl halides is 1. The third-order valence-electron chi connectivity index (χ3n) is 3.41. The van der Waals surface area contributed by atoms with Crippen LogP contribution < -0.4 is 0 Å².